The summed E-state index contributed by atoms with van der Waals surface area (Å²) in [7, 11) is 0. The van der Waals surface area contributed by atoms with Crippen LogP contribution in [0.4, 0.5) is 4.39 Å². The van der Waals surface area contributed by atoms with Crippen molar-refractivity contribution in [3.05, 3.63) is 126 Å². The zero-order chi connectivity index (χ0) is 22.4. The van der Waals surface area contributed by atoms with Crippen LogP contribution in [0.2, 0.25) is 0 Å². The van der Waals surface area contributed by atoms with Crippen molar-refractivity contribution in [1.82, 2.24) is 4.57 Å². The van der Waals surface area contributed by atoms with E-state index in [1.165, 1.54) is 17.2 Å². The average molecular weight is 492 g/mol. The van der Waals surface area contributed by atoms with E-state index < -0.39 is 0 Å². The minimum atomic E-state index is -0.267. The molecule has 0 radical (unpaired) electrons. The van der Waals surface area contributed by atoms with Gasteiger partial charge >= 0.3 is 0 Å². The van der Waals surface area contributed by atoms with Gasteiger partial charge in [0, 0.05) is 15.2 Å². The Morgan fingerprint density at radius 3 is 1.52 bits per heavy atom. The van der Waals surface area contributed by atoms with E-state index in [1.54, 1.807) is 6.07 Å². The maximum Gasteiger partial charge on any atom is 0.126 e. The molecule has 33 heavy (non-hydrogen) atoms. The Morgan fingerprint density at radius 2 is 1.03 bits per heavy atom. The highest BCUT2D eigenvalue weighted by Gasteiger charge is 2.15. The second kappa shape index (κ2) is 8.02. The third-order valence-corrected chi connectivity index (χ3v) is 6.54. The Kier molecular flexibility index (Phi) is 4.85. The number of aromatic nitrogens is 1. The molecule has 0 fully saturated rings. The highest BCUT2D eigenvalue weighted by Crippen LogP contribution is 2.37. The summed E-state index contributed by atoms with van der Waals surface area (Å²) < 4.78 is 17.2. The van der Waals surface area contributed by atoms with Gasteiger partial charge in [0.2, 0.25) is 0 Å². The minimum absolute atomic E-state index is 0.267. The normalized spacial score (nSPS) is 11.3. The van der Waals surface area contributed by atoms with Crippen LogP contribution in [0.5, 0.6) is 0 Å². The molecule has 0 aliphatic rings. The molecule has 1 heterocycles. The van der Waals surface area contributed by atoms with E-state index in [0.717, 1.165) is 38.6 Å². The van der Waals surface area contributed by atoms with E-state index in [0.29, 0.717) is 4.47 Å². The number of nitrogens with zero attached hydrogens (tertiary/aromatic N) is 1. The highest BCUT2D eigenvalue weighted by atomic mass is 79.9. The van der Waals surface area contributed by atoms with Crippen molar-refractivity contribution < 1.29 is 4.39 Å². The van der Waals surface area contributed by atoms with E-state index in [4.69, 9.17) is 0 Å². The number of rotatable bonds is 3. The van der Waals surface area contributed by atoms with Crippen LogP contribution < -0.4 is 0 Å². The first-order chi connectivity index (χ1) is 16.2. The van der Waals surface area contributed by atoms with E-state index in [2.05, 4.69) is 105 Å². The number of hydrogen-bond acceptors (Lipinski definition) is 0. The third kappa shape index (κ3) is 3.55. The van der Waals surface area contributed by atoms with E-state index in [9.17, 15) is 4.39 Å². The summed E-state index contributed by atoms with van der Waals surface area (Å²) in [4.78, 5) is 0. The van der Waals surface area contributed by atoms with Gasteiger partial charge in [-0.25, -0.2) is 4.39 Å². The van der Waals surface area contributed by atoms with E-state index in [1.807, 2.05) is 18.2 Å². The van der Waals surface area contributed by atoms with E-state index in [-0.39, 0.29) is 5.82 Å². The lowest BCUT2D eigenvalue weighted by Crippen LogP contribution is -1.95. The predicted octanol–water partition coefficient (Wildman–Crippen LogP) is 9.02. The van der Waals surface area contributed by atoms with Gasteiger partial charge in [-0.1, -0.05) is 88.7 Å². The van der Waals surface area contributed by atoms with Crippen LogP contribution in [0.3, 0.4) is 0 Å². The molecule has 0 aliphatic carbocycles. The van der Waals surface area contributed by atoms with Gasteiger partial charge in [-0.15, -0.1) is 0 Å². The molecule has 3 heteroatoms. The van der Waals surface area contributed by atoms with Crippen LogP contribution in [-0.4, -0.2) is 4.57 Å². The van der Waals surface area contributed by atoms with Gasteiger partial charge in [0.15, 0.2) is 0 Å². The summed E-state index contributed by atoms with van der Waals surface area (Å²) >= 11 is 3.46. The summed E-state index contributed by atoms with van der Waals surface area (Å²) in [5.41, 5.74) is 7.56. The van der Waals surface area contributed by atoms with Crippen LogP contribution in [-0.2, 0) is 0 Å². The number of benzene rings is 5. The fourth-order valence-electron chi connectivity index (χ4n) is 4.59. The topological polar surface area (TPSA) is 4.93 Å². The first kappa shape index (κ1) is 20.0. The van der Waals surface area contributed by atoms with Crippen LogP contribution in [0, 0.1) is 5.82 Å². The molecule has 5 aromatic carbocycles. The molecule has 0 spiro atoms. The summed E-state index contributed by atoms with van der Waals surface area (Å²) in [6, 6.07) is 38.8. The van der Waals surface area contributed by atoms with Gasteiger partial charge < -0.3 is 4.57 Å². The summed E-state index contributed by atoms with van der Waals surface area (Å²) in [6.45, 7) is 0. The molecule has 0 saturated carbocycles. The number of fused-ring (bicyclic) bond motifs is 3. The monoisotopic (exact) mass is 491 g/mol. The molecule has 0 N–H and O–H groups in total. The highest BCUT2D eigenvalue weighted by molar-refractivity contribution is 9.10. The second-order valence-electron chi connectivity index (χ2n) is 8.16. The zero-order valence-corrected chi connectivity index (χ0v) is 19.3. The lowest BCUT2D eigenvalue weighted by atomic mass is 10.0. The number of halogens is 2. The summed E-state index contributed by atoms with van der Waals surface area (Å²) in [5.74, 6) is -0.267. The summed E-state index contributed by atoms with van der Waals surface area (Å²) in [6.07, 6.45) is 0. The smallest absolute Gasteiger partial charge is 0.126 e. The Morgan fingerprint density at radius 1 is 0.515 bits per heavy atom. The maximum absolute atomic E-state index is 14.3. The largest absolute Gasteiger partial charge is 0.309 e. The molecule has 158 valence electrons. The zero-order valence-electron chi connectivity index (χ0n) is 17.7. The van der Waals surface area contributed by atoms with Gasteiger partial charge in [-0.05, 0) is 64.7 Å². The molecule has 0 atom stereocenters. The van der Waals surface area contributed by atoms with Crippen molar-refractivity contribution in [3.63, 3.8) is 0 Å². The lowest BCUT2D eigenvalue weighted by Gasteiger charge is -2.10. The predicted molar refractivity (Wildman–Crippen MR) is 139 cm³/mol. The molecular formula is C30H19BrFN. The molecule has 0 amide bonds. The van der Waals surface area contributed by atoms with Crippen molar-refractivity contribution in [3.8, 4) is 27.9 Å². The van der Waals surface area contributed by atoms with Crippen molar-refractivity contribution in [2.75, 3.05) is 0 Å². The molecule has 0 bridgehead atoms. The third-order valence-electron chi connectivity index (χ3n) is 6.08. The van der Waals surface area contributed by atoms with Crippen molar-refractivity contribution in [1.29, 1.82) is 0 Å². The molecule has 6 aromatic rings. The van der Waals surface area contributed by atoms with Crippen LogP contribution in [0.25, 0.3) is 49.7 Å². The molecule has 0 aliphatic heterocycles. The average Bonchev–Trinajstić information content (AvgIpc) is 3.17. The molecular weight excluding hydrogens is 473 g/mol. The SMILES string of the molecule is Fc1cc(Br)cc(-n2c3ccc(-c4ccccc4)cc3c3cc(-c4ccccc4)ccc32)c1. The van der Waals surface area contributed by atoms with Crippen LogP contribution in [0.15, 0.2) is 120 Å². The Balaban J connectivity index is 1.68. The Labute approximate surface area is 199 Å². The Hall–Kier alpha value is -3.69. The van der Waals surface area contributed by atoms with Gasteiger partial charge in [-0.3, -0.25) is 0 Å². The fourth-order valence-corrected chi connectivity index (χ4v) is 5.04. The van der Waals surface area contributed by atoms with Gasteiger partial charge in [0.25, 0.3) is 0 Å². The van der Waals surface area contributed by atoms with Gasteiger partial charge in [0.05, 0.1) is 16.7 Å². The molecule has 6 rings (SSSR count). The lowest BCUT2D eigenvalue weighted by molar-refractivity contribution is 0.626. The molecule has 0 saturated heterocycles. The fraction of sp³-hybridized carbons (Fsp3) is 0. The molecule has 1 aromatic heterocycles. The van der Waals surface area contributed by atoms with Gasteiger partial charge in [0.1, 0.15) is 5.82 Å². The molecule has 0 unspecified atom stereocenters. The first-order valence-electron chi connectivity index (χ1n) is 10.8. The number of hydrogen-bond donors (Lipinski definition) is 0. The standard InChI is InChI=1S/C30H19BrFN/c31-24-17-25(32)19-26(18-24)33-29-13-11-22(20-7-3-1-4-8-20)15-27(29)28-16-23(12-14-30(28)33)21-9-5-2-6-10-21/h1-19H. The van der Waals surface area contributed by atoms with Gasteiger partial charge in [-0.2, -0.15) is 0 Å². The quantitative estimate of drug-likeness (QED) is 0.232. The van der Waals surface area contributed by atoms with Crippen molar-refractivity contribution >= 4 is 37.7 Å². The Bertz CT molecular complexity index is 1500. The van der Waals surface area contributed by atoms with Crippen LogP contribution in [0.1, 0.15) is 0 Å². The maximum atomic E-state index is 14.3. The molecule has 1 nitrogen and oxygen atoms in total. The minimum Gasteiger partial charge on any atom is -0.309 e. The van der Waals surface area contributed by atoms with Crippen molar-refractivity contribution in [2.45, 2.75) is 0 Å². The van der Waals surface area contributed by atoms with E-state index >= 15 is 0 Å². The second-order valence-corrected chi connectivity index (χ2v) is 9.07. The summed E-state index contributed by atoms with van der Waals surface area (Å²) in [5, 5.41) is 2.29. The first-order valence-corrected chi connectivity index (χ1v) is 11.6. The van der Waals surface area contributed by atoms with Crippen molar-refractivity contribution in [2.24, 2.45) is 0 Å². The van der Waals surface area contributed by atoms with Crippen LogP contribution >= 0.6 is 15.9 Å².